The summed E-state index contributed by atoms with van der Waals surface area (Å²) in [5.74, 6) is -0.340. The molecule has 3 N–H and O–H groups in total. The van der Waals surface area contributed by atoms with E-state index >= 15 is 4.39 Å². The van der Waals surface area contributed by atoms with Gasteiger partial charge in [-0.2, -0.15) is 0 Å². The van der Waals surface area contributed by atoms with E-state index in [1.165, 1.54) is 12.1 Å². The zero-order valence-electron chi connectivity index (χ0n) is 28.5. The van der Waals surface area contributed by atoms with Crippen molar-refractivity contribution in [3.63, 3.8) is 0 Å². The molecule has 0 radical (unpaired) electrons. The predicted molar refractivity (Wildman–Crippen MR) is 190 cm³/mol. The molecule has 5 aromatic rings. The molecule has 0 saturated heterocycles. The van der Waals surface area contributed by atoms with Gasteiger partial charge in [-0.05, 0) is 52.9 Å². The molecule has 1 unspecified atom stereocenters. The van der Waals surface area contributed by atoms with Crippen molar-refractivity contribution in [3.05, 3.63) is 172 Å². The predicted octanol–water partition coefficient (Wildman–Crippen LogP) is 6.87. The van der Waals surface area contributed by atoms with E-state index in [-0.39, 0.29) is 37.4 Å². The van der Waals surface area contributed by atoms with Crippen LogP contribution in [-0.4, -0.2) is 52.4 Å². The van der Waals surface area contributed by atoms with Crippen molar-refractivity contribution in [2.45, 2.75) is 70.3 Å². The maximum Gasteiger partial charge on any atom is 0.128 e. The fourth-order valence-corrected chi connectivity index (χ4v) is 5.73. The van der Waals surface area contributed by atoms with E-state index in [0.717, 1.165) is 22.3 Å². The molecular weight excluding hydrogens is 654 g/mol. The van der Waals surface area contributed by atoms with E-state index in [0.29, 0.717) is 12.4 Å². The highest BCUT2D eigenvalue weighted by Crippen LogP contribution is 2.27. The molecule has 51 heavy (non-hydrogen) atoms. The van der Waals surface area contributed by atoms with Crippen LogP contribution in [0.5, 0.6) is 5.75 Å². The first kappa shape index (κ1) is 37.8. The highest BCUT2D eigenvalue weighted by Gasteiger charge is 2.39. The van der Waals surface area contributed by atoms with E-state index in [4.69, 9.17) is 18.9 Å². The molecule has 0 amide bonds. The second-order valence-electron chi connectivity index (χ2n) is 12.3. The van der Waals surface area contributed by atoms with Gasteiger partial charge >= 0.3 is 0 Å². The van der Waals surface area contributed by atoms with Crippen LogP contribution in [0.1, 0.15) is 33.4 Å². The highest BCUT2D eigenvalue weighted by molar-refractivity contribution is 5.39. The first-order valence-electron chi connectivity index (χ1n) is 16.9. The van der Waals surface area contributed by atoms with Crippen LogP contribution >= 0.6 is 0 Å². The van der Waals surface area contributed by atoms with Crippen LogP contribution in [0.4, 0.5) is 8.78 Å². The van der Waals surface area contributed by atoms with Gasteiger partial charge in [0.25, 0.3) is 0 Å². The number of ether oxygens (including phenoxy) is 4. The first-order valence-corrected chi connectivity index (χ1v) is 16.9. The van der Waals surface area contributed by atoms with Crippen molar-refractivity contribution >= 4 is 0 Å². The van der Waals surface area contributed by atoms with Crippen molar-refractivity contribution < 1.29 is 43.0 Å². The number of benzene rings is 5. The maximum absolute atomic E-state index is 15.1. The number of halogens is 2. The molecule has 5 aromatic carbocycles. The third kappa shape index (κ3) is 10.8. The lowest BCUT2D eigenvalue weighted by Crippen LogP contribution is -2.53. The van der Waals surface area contributed by atoms with Crippen LogP contribution in [0.2, 0.25) is 0 Å². The van der Waals surface area contributed by atoms with E-state index in [1.54, 1.807) is 36.4 Å². The molecule has 0 bridgehead atoms. The fraction of sp³-hybridized carbons (Fsp3) is 0.286. The monoisotopic (exact) mass is 698 g/mol. The Morgan fingerprint density at radius 1 is 0.529 bits per heavy atom. The maximum atomic E-state index is 15.1. The molecule has 0 aliphatic rings. The fourth-order valence-electron chi connectivity index (χ4n) is 5.73. The Balaban J connectivity index is 1.42. The minimum Gasteiger partial charge on any atom is -0.489 e. The summed E-state index contributed by atoms with van der Waals surface area (Å²) in [6, 6.07) is 36.8. The molecule has 0 heterocycles. The van der Waals surface area contributed by atoms with E-state index < -0.39 is 48.8 Å². The molecule has 5 atom stereocenters. The quantitative estimate of drug-likeness (QED) is 0.0867. The zero-order chi connectivity index (χ0) is 36.0. The Labute approximate surface area is 297 Å². The summed E-state index contributed by atoms with van der Waals surface area (Å²) in [5.41, 5.74) is 3.89. The van der Waals surface area contributed by atoms with Crippen molar-refractivity contribution in [1.82, 2.24) is 0 Å². The number of aliphatic hydroxyl groups excluding tert-OH is 3. The summed E-state index contributed by atoms with van der Waals surface area (Å²) in [5, 5.41) is 33.5. The minimum atomic E-state index is -1.69. The molecule has 0 aliphatic carbocycles. The van der Waals surface area contributed by atoms with Gasteiger partial charge in [-0.25, -0.2) is 8.78 Å². The number of aliphatic hydroxyl groups is 3. The highest BCUT2D eigenvalue weighted by atomic mass is 19.1. The average Bonchev–Trinajstić information content (AvgIpc) is 3.16. The van der Waals surface area contributed by atoms with E-state index in [2.05, 4.69) is 0 Å². The van der Waals surface area contributed by atoms with Gasteiger partial charge < -0.3 is 34.3 Å². The SMILES string of the molecule is Cc1c(CO[C@H](C(Cc2ccccc2F)OCc2ccccc2F)[C@@H](O)[C@H](O)[C@@H](CO)OCc2ccccc2)cccc1OCc1ccccc1. The summed E-state index contributed by atoms with van der Waals surface area (Å²) >= 11 is 0. The first-order chi connectivity index (χ1) is 24.8. The molecular formula is C42H44F2O7. The van der Waals surface area contributed by atoms with Crippen molar-refractivity contribution in [1.29, 1.82) is 0 Å². The molecule has 0 spiro atoms. The number of hydrogen-bond acceptors (Lipinski definition) is 7. The largest absolute Gasteiger partial charge is 0.489 e. The van der Waals surface area contributed by atoms with Crippen molar-refractivity contribution in [2.75, 3.05) is 6.61 Å². The van der Waals surface area contributed by atoms with Gasteiger partial charge in [-0.15, -0.1) is 0 Å². The molecule has 0 fully saturated rings. The summed E-state index contributed by atoms with van der Waals surface area (Å²) in [4.78, 5) is 0. The second-order valence-corrected chi connectivity index (χ2v) is 12.3. The molecule has 5 rings (SSSR count). The topological polar surface area (TPSA) is 97.6 Å². The van der Waals surface area contributed by atoms with E-state index in [9.17, 15) is 19.7 Å². The smallest absolute Gasteiger partial charge is 0.128 e. The summed E-state index contributed by atoms with van der Waals surface area (Å²) in [6.07, 6.45) is -7.00. The standard InChI is InChI=1S/C42H44F2O7/c1-29-33(19-12-22-37(29)48-25-30-13-4-2-5-14-30)27-51-42(41(47)40(46)39(24-45)49-26-31-15-6-3-7-16-31)38(23-32-17-8-10-20-35(32)43)50-28-34-18-9-11-21-36(34)44/h2-22,38-42,45-47H,23-28H2,1H3/t38?,39-,40-,41+,42-/m1/s1. The van der Waals surface area contributed by atoms with Gasteiger partial charge in [0.1, 0.15) is 48.4 Å². The lowest BCUT2D eigenvalue weighted by Gasteiger charge is -2.35. The molecule has 0 aromatic heterocycles. The van der Waals surface area contributed by atoms with Gasteiger partial charge in [-0.1, -0.05) is 109 Å². The van der Waals surface area contributed by atoms with Crippen LogP contribution in [0.3, 0.4) is 0 Å². The van der Waals surface area contributed by atoms with Gasteiger partial charge in [0, 0.05) is 12.0 Å². The number of hydrogen-bond donors (Lipinski definition) is 3. The third-order valence-electron chi connectivity index (χ3n) is 8.78. The van der Waals surface area contributed by atoms with Gasteiger partial charge in [0.15, 0.2) is 0 Å². The summed E-state index contributed by atoms with van der Waals surface area (Å²) < 4.78 is 54.4. The normalized spacial score (nSPS) is 14.4. The Morgan fingerprint density at radius 2 is 1.06 bits per heavy atom. The average molecular weight is 699 g/mol. The van der Waals surface area contributed by atoms with Crippen LogP contribution < -0.4 is 4.74 Å². The van der Waals surface area contributed by atoms with Gasteiger partial charge in [-0.3, -0.25) is 0 Å². The number of rotatable bonds is 19. The minimum absolute atomic E-state index is 0.0473. The molecule has 0 saturated carbocycles. The van der Waals surface area contributed by atoms with Crippen LogP contribution in [0.25, 0.3) is 0 Å². The van der Waals surface area contributed by atoms with Crippen LogP contribution in [-0.2, 0) is 47.1 Å². The molecule has 7 nitrogen and oxygen atoms in total. The van der Waals surface area contributed by atoms with Crippen LogP contribution in [0, 0.1) is 18.6 Å². The molecule has 0 aliphatic heterocycles. The third-order valence-corrected chi connectivity index (χ3v) is 8.78. The van der Waals surface area contributed by atoms with Crippen molar-refractivity contribution in [3.8, 4) is 5.75 Å². The molecule has 9 heteroatoms. The second kappa shape index (κ2) is 19.2. The Kier molecular flexibility index (Phi) is 14.2. The van der Waals surface area contributed by atoms with Gasteiger partial charge in [0.05, 0.1) is 32.5 Å². The Morgan fingerprint density at radius 3 is 1.69 bits per heavy atom. The summed E-state index contributed by atoms with van der Waals surface area (Å²) in [6.45, 7) is 1.45. The van der Waals surface area contributed by atoms with Crippen LogP contribution in [0.15, 0.2) is 127 Å². The zero-order valence-corrected chi connectivity index (χ0v) is 28.5. The van der Waals surface area contributed by atoms with E-state index in [1.807, 2.05) is 85.8 Å². The van der Waals surface area contributed by atoms with Crippen molar-refractivity contribution in [2.24, 2.45) is 0 Å². The Bertz CT molecular complexity index is 1770. The lowest BCUT2D eigenvalue weighted by molar-refractivity contribution is -0.185. The lowest BCUT2D eigenvalue weighted by atomic mass is 9.94. The molecule has 268 valence electrons. The summed E-state index contributed by atoms with van der Waals surface area (Å²) in [7, 11) is 0. The Hall–Kier alpha value is -4.48. The van der Waals surface area contributed by atoms with Gasteiger partial charge in [0.2, 0.25) is 0 Å².